The number of anilines is 1. The van der Waals surface area contributed by atoms with Crippen LogP contribution in [0.15, 0.2) is 42.5 Å². The molecule has 0 saturated heterocycles. The van der Waals surface area contributed by atoms with Gasteiger partial charge in [0.15, 0.2) is 0 Å². The fourth-order valence-electron chi connectivity index (χ4n) is 3.78. The number of rotatable bonds is 7. The number of nitrogens with zero attached hydrogens (tertiary/aromatic N) is 1. The van der Waals surface area contributed by atoms with Gasteiger partial charge in [-0.1, -0.05) is 24.1 Å². The zero-order valence-electron chi connectivity index (χ0n) is 18.5. The number of halogens is 6. The number of benzene rings is 2. The summed E-state index contributed by atoms with van der Waals surface area (Å²) in [5, 5.41) is 4.60. The van der Waals surface area contributed by atoms with E-state index in [1.165, 1.54) is 19.1 Å². The van der Waals surface area contributed by atoms with E-state index in [1.54, 1.807) is 18.2 Å². The summed E-state index contributed by atoms with van der Waals surface area (Å²) in [5.41, 5.74) is -2.44. The second-order valence-corrected chi connectivity index (χ2v) is 7.73. The molecule has 2 amide bonds. The van der Waals surface area contributed by atoms with Gasteiger partial charge in [0.2, 0.25) is 0 Å². The largest absolute Gasteiger partial charge is 0.416 e. The number of alkyl halides is 6. The standard InChI is InChI=1S/C24H21F6N3O2/c1-2-7-20(34)31-10-6-11-32-21(24(28,29)30)15-12-17-18(19(13-15)23(25,26)27)14-33(22(17)35)16-8-4-3-5-9-16/h3-5,8-9,12-13,21,32H,6,10-11,14H2,1H3,(H,31,34). The summed E-state index contributed by atoms with van der Waals surface area (Å²) in [7, 11) is 0. The van der Waals surface area contributed by atoms with Crippen LogP contribution in [0.5, 0.6) is 0 Å². The first-order chi connectivity index (χ1) is 16.4. The Morgan fingerprint density at radius 1 is 1.09 bits per heavy atom. The molecule has 0 saturated carbocycles. The third kappa shape index (κ3) is 6.14. The zero-order valence-corrected chi connectivity index (χ0v) is 18.5. The molecule has 5 nitrogen and oxygen atoms in total. The molecule has 1 aliphatic rings. The molecule has 0 aromatic heterocycles. The minimum absolute atomic E-state index is 0.0214. The van der Waals surface area contributed by atoms with E-state index in [4.69, 9.17) is 0 Å². The third-order valence-corrected chi connectivity index (χ3v) is 5.32. The van der Waals surface area contributed by atoms with Crippen molar-refractivity contribution >= 4 is 17.5 Å². The van der Waals surface area contributed by atoms with Crippen molar-refractivity contribution in [1.82, 2.24) is 10.6 Å². The lowest BCUT2D eigenvalue weighted by atomic mass is 9.95. The second kappa shape index (κ2) is 10.4. The van der Waals surface area contributed by atoms with Crippen LogP contribution in [0.2, 0.25) is 0 Å². The first-order valence-electron chi connectivity index (χ1n) is 10.5. The van der Waals surface area contributed by atoms with Crippen molar-refractivity contribution in [1.29, 1.82) is 0 Å². The molecule has 1 unspecified atom stereocenters. The number of carbonyl (C=O) groups is 2. The fraction of sp³-hybridized carbons (Fsp3) is 0.333. The van der Waals surface area contributed by atoms with Gasteiger partial charge in [0.05, 0.1) is 12.1 Å². The lowest BCUT2D eigenvalue weighted by Gasteiger charge is -2.24. The van der Waals surface area contributed by atoms with Crippen LogP contribution in [-0.2, 0) is 17.5 Å². The second-order valence-electron chi connectivity index (χ2n) is 7.73. The van der Waals surface area contributed by atoms with Crippen molar-refractivity contribution in [3.8, 4) is 11.8 Å². The normalized spacial score (nSPS) is 14.3. The smallest absolute Gasteiger partial charge is 0.345 e. The number of para-hydroxylation sites is 1. The highest BCUT2D eigenvalue weighted by Gasteiger charge is 2.45. The van der Waals surface area contributed by atoms with Gasteiger partial charge in [0, 0.05) is 17.8 Å². The van der Waals surface area contributed by atoms with Gasteiger partial charge >= 0.3 is 12.4 Å². The predicted octanol–water partition coefficient (Wildman–Crippen LogP) is 4.59. The molecule has 0 fully saturated rings. The summed E-state index contributed by atoms with van der Waals surface area (Å²) < 4.78 is 83.0. The molecular weight excluding hydrogens is 476 g/mol. The summed E-state index contributed by atoms with van der Waals surface area (Å²) in [6.07, 6.45) is -9.83. The van der Waals surface area contributed by atoms with Crippen molar-refractivity contribution in [2.75, 3.05) is 18.0 Å². The van der Waals surface area contributed by atoms with Crippen LogP contribution in [-0.4, -0.2) is 31.1 Å². The molecule has 1 heterocycles. The van der Waals surface area contributed by atoms with Crippen LogP contribution in [0.3, 0.4) is 0 Å². The first kappa shape index (κ1) is 26.1. The molecule has 2 N–H and O–H groups in total. The van der Waals surface area contributed by atoms with Gasteiger partial charge < -0.3 is 15.5 Å². The van der Waals surface area contributed by atoms with E-state index in [1.807, 2.05) is 0 Å². The van der Waals surface area contributed by atoms with Crippen LogP contribution in [0.4, 0.5) is 32.0 Å². The number of hydrogen-bond acceptors (Lipinski definition) is 3. The van der Waals surface area contributed by atoms with E-state index in [9.17, 15) is 35.9 Å². The van der Waals surface area contributed by atoms with E-state index < -0.39 is 53.4 Å². The molecule has 186 valence electrons. The topological polar surface area (TPSA) is 61.4 Å². The molecule has 0 spiro atoms. The van der Waals surface area contributed by atoms with Crippen molar-refractivity contribution in [2.24, 2.45) is 0 Å². The van der Waals surface area contributed by atoms with Crippen molar-refractivity contribution < 1.29 is 35.9 Å². The van der Waals surface area contributed by atoms with E-state index in [0.29, 0.717) is 11.8 Å². The fourth-order valence-corrected chi connectivity index (χ4v) is 3.78. The maximum Gasteiger partial charge on any atom is 0.416 e. The Bertz CT molecular complexity index is 1150. The third-order valence-electron chi connectivity index (χ3n) is 5.32. The highest BCUT2D eigenvalue weighted by molar-refractivity contribution is 6.10. The van der Waals surface area contributed by atoms with E-state index >= 15 is 0 Å². The minimum Gasteiger partial charge on any atom is -0.345 e. The quantitative estimate of drug-likeness (QED) is 0.334. The average molecular weight is 497 g/mol. The average Bonchev–Trinajstić information content (AvgIpc) is 3.11. The van der Waals surface area contributed by atoms with Crippen LogP contribution >= 0.6 is 0 Å². The zero-order chi connectivity index (χ0) is 25.8. The first-order valence-corrected chi connectivity index (χ1v) is 10.5. The monoisotopic (exact) mass is 497 g/mol. The molecular formula is C24H21F6N3O2. The molecule has 2 aromatic carbocycles. The van der Waals surface area contributed by atoms with E-state index in [-0.39, 0.29) is 25.1 Å². The van der Waals surface area contributed by atoms with Crippen LogP contribution in [0, 0.1) is 11.8 Å². The Hall–Kier alpha value is -3.52. The van der Waals surface area contributed by atoms with Crippen LogP contribution < -0.4 is 15.5 Å². The Morgan fingerprint density at radius 3 is 2.37 bits per heavy atom. The van der Waals surface area contributed by atoms with Gasteiger partial charge in [-0.05, 0) is 61.2 Å². The van der Waals surface area contributed by atoms with Crippen molar-refractivity contribution in [3.63, 3.8) is 0 Å². The van der Waals surface area contributed by atoms with Crippen LogP contribution in [0.1, 0.15) is 46.4 Å². The molecule has 2 aromatic rings. The summed E-state index contributed by atoms with van der Waals surface area (Å²) in [6.45, 7) is 0.808. The van der Waals surface area contributed by atoms with Gasteiger partial charge in [-0.3, -0.25) is 9.59 Å². The molecule has 35 heavy (non-hydrogen) atoms. The van der Waals surface area contributed by atoms with Gasteiger partial charge in [-0.15, -0.1) is 0 Å². The van der Waals surface area contributed by atoms with Crippen molar-refractivity contribution in [2.45, 2.75) is 38.3 Å². The lowest BCUT2D eigenvalue weighted by molar-refractivity contribution is -0.158. The summed E-state index contributed by atoms with van der Waals surface area (Å²) in [6, 6.07) is 6.80. The number of fused-ring (bicyclic) bond motifs is 1. The minimum atomic E-state index is -4.96. The van der Waals surface area contributed by atoms with Crippen molar-refractivity contribution in [3.05, 3.63) is 64.7 Å². The highest BCUT2D eigenvalue weighted by Crippen LogP contribution is 2.42. The number of amides is 2. The Morgan fingerprint density at radius 2 is 1.77 bits per heavy atom. The maximum absolute atomic E-state index is 13.8. The highest BCUT2D eigenvalue weighted by atomic mass is 19.4. The Labute approximate surface area is 197 Å². The van der Waals surface area contributed by atoms with Gasteiger partial charge in [-0.25, -0.2) is 0 Å². The van der Waals surface area contributed by atoms with Gasteiger partial charge in [0.1, 0.15) is 6.04 Å². The molecule has 1 aliphatic heterocycles. The Kier molecular flexibility index (Phi) is 7.75. The number of nitrogens with one attached hydrogen (secondary N) is 2. The summed E-state index contributed by atoms with van der Waals surface area (Å²) in [5.74, 6) is 3.20. The predicted molar refractivity (Wildman–Crippen MR) is 116 cm³/mol. The number of hydrogen-bond donors (Lipinski definition) is 2. The van der Waals surface area contributed by atoms with Gasteiger partial charge in [0.25, 0.3) is 11.8 Å². The molecule has 3 rings (SSSR count). The SMILES string of the molecule is CC#CC(=O)NCCCNC(c1cc2c(c(C(F)(F)F)c1)CN(c1ccccc1)C2=O)C(F)(F)F. The van der Waals surface area contributed by atoms with E-state index in [2.05, 4.69) is 22.5 Å². The van der Waals surface area contributed by atoms with Crippen LogP contribution in [0.25, 0.3) is 0 Å². The molecule has 11 heteroatoms. The van der Waals surface area contributed by atoms with E-state index in [0.717, 1.165) is 11.0 Å². The number of carbonyl (C=O) groups excluding carboxylic acids is 2. The molecule has 1 atom stereocenters. The summed E-state index contributed by atoms with van der Waals surface area (Å²) in [4.78, 5) is 25.3. The molecule has 0 radical (unpaired) electrons. The summed E-state index contributed by atoms with van der Waals surface area (Å²) >= 11 is 0. The Balaban J connectivity index is 1.90. The molecule has 0 aliphatic carbocycles. The lowest BCUT2D eigenvalue weighted by Crippen LogP contribution is -2.36. The van der Waals surface area contributed by atoms with Gasteiger partial charge in [-0.2, -0.15) is 26.3 Å². The maximum atomic E-state index is 13.8. The molecule has 0 bridgehead atoms.